The predicted molar refractivity (Wildman–Crippen MR) is 90.4 cm³/mol. The largest absolute Gasteiger partial charge is 0.494 e. The van der Waals surface area contributed by atoms with Gasteiger partial charge in [-0.1, -0.05) is 41.4 Å². The maximum Gasteiger partial charge on any atom is 0.151 e. The van der Waals surface area contributed by atoms with Crippen LogP contribution in [0.1, 0.15) is 16.7 Å². The Morgan fingerprint density at radius 1 is 1.29 bits per heavy atom. The third-order valence-corrected chi connectivity index (χ3v) is 3.89. The van der Waals surface area contributed by atoms with Crippen molar-refractivity contribution in [3.05, 3.63) is 62.6 Å². The van der Waals surface area contributed by atoms with Crippen LogP contribution in [0.2, 0.25) is 5.02 Å². The van der Waals surface area contributed by atoms with Crippen LogP contribution in [0.5, 0.6) is 5.75 Å². The Kier molecular flexibility index (Phi) is 5.06. The lowest BCUT2D eigenvalue weighted by Gasteiger charge is -2.07. The molecule has 21 heavy (non-hydrogen) atoms. The second kappa shape index (κ2) is 6.80. The van der Waals surface area contributed by atoms with Gasteiger partial charge in [-0.3, -0.25) is 0 Å². The van der Waals surface area contributed by atoms with Gasteiger partial charge in [-0.05, 0) is 52.2 Å². The summed E-state index contributed by atoms with van der Waals surface area (Å²) in [6.07, 6.45) is 1.81. The zero-order valence-corrected chi connectivity index (χ0v) is 14.0. The monoisotopic (exact) mass is 361 g/mol. The molecule has 4 heteroatoms. The first-order valence-corrected chi connectivity index (χ1v) is 7.44. The lowest BCUT2D eigenvalue weighted by molar-refractivity contribution is 0.412. The number of ether oxygens (including phenoxy) is 1. The zero-order chi connectivity index (χ0) is 15.4. The third kappa shape index (κ3) is 3.66. The fraction of sp³-hybridized carbons (Fsp3) is 0.118. The maximum atomic E-state index is 9.36. The second-order valence-electron chi connectivity index (χ2n) is 4.55. The summed E-state index contributed by atoms with van der Waals surface area (Å²) in [7, 11) is 1.56. The molecule has 2 rings (SSSR count). The summed E-state index contributed by atoms with van der Waals surface area (Å²) < 4.78 is 5.95. The molecule has 0 fully saturated rings. The zero-order valence-electron chi connectivity index (χ0n) is 11.7. The van der Waals surface area contributed by atoms with Crippen LogP contribution in [0.3, 0.4) is 0 Å². The van der Waals surface area contributed by atoms with Gasteiger partial charge in [0, 0.05) is 0 Å². The van der Waals surface area contributed by atoms with Crippen molar-refractivity contribution in [2.45, 2.75) is 6.92 Å². The van der Waals surface area contributed by atoms with Gasteiger partial charge in [-0.2, -0.15) is 5.26 Å². The van der Waals surface area contributed by atoms with E-state index in [4.69, 9.17) is 16.3 Å². The average Bonchev–Trinajstić information content (AvgIpc) is 2.45. The molecule has 0 spiro atoms. The van der Waals surface area contributed by atoms with Crippen LogP contribution < -0.4 is 4.74 Å². The highest BCUT2D eigenvalue weighted by atomic mass is 79.9. The second-order valence-corrected chi connectivity index (χ2v) is 5.82. The van der Waals surface area contributed by atoms with Crippen molar-refractivity contribution < 1.29 is 4.74 Å². The normalized spacial score (nSPS) is 11.1. The van der Waals surface area contributed by atoms with Gasteiger partial charge < -0.3 is 4.74 Å². The molecule has 2 aromatic carbocycles. The van der Waals surface area contributed by atoms with Crippen molar-refractivity contribution in [1.82, 2.24) is 0 Å². The number of rotatable bonds is 3. The summed E-state index contributed by atoms with van der Waals surface area (Å²) in [5.41, 5.74) is 3.46. The Hall–Kier alpha value is -1.76. The minimum absolute atomic E-state index is 0.499. The van der Waals surface area contributed by atoms with E-state index in [2.05, 4.69) is 22.0 Å². The summed E-state index contributed by atoms with van der Waals surface area (Å²) in [5.74, 6) is 0.586. The van der Waals surface area contributed by atoms with Gasteiger partial charge in [-0.15, -0.1) is 0 Å². The van der Waals surface area contributed by atoms with Crippen molar-refractivity contribution in [2.75, 3.05) is 7.11 Å². The number of hydrogen-bond donors (Lipinski definition) is 0. The van der Waals surface area contributed by atoms with E-state index in [1.54, 1.807) is 19.3 Å². The molecule has 0 amide bonds. The highest BCUT2D eigenvalue weighted by molar-refractivity contribution is 9.10. The summed E-state index contributed by atoms with van der Waals surface area (Å²) >= 11 is 9.58. The van der Waals surface area contributed by atoms with Gasteiger partial charge in [0.1, 0.15) is 0 Å². The molecule has 2 nitrogen and oxygen atoms in total. The van der Waals surface area contributed by atoms with Gasteiger partial charge in [0.05, 0.1) is 28.2 Å². The minimum atomic E-state index is 0.499. The van der Waals surface area contributed by atoms with E-state index in [0.29, 0.717) is 16.3 Å². The summed E-state index contributed by atoms with van der Waals surface area (Å²) in [5, 5.41) is 9.86. The molecular weight excluding hydrogens is 350 g/mol. The van der Waals surface area contributed by atoms with Crippen LogP contribution in [0, 0.1) is 18.3 Å². The maximum absolute atomic E-state index is 9.36. The van der Waals surface area contributed by atoms with Gasteiger partial charge in [-0.25, -0.2) is 0 Å². The Morgan fingerprint density at radius 2 is 1.95 bits per heavy atom. The van der Waals surface area contributed by atoms with Gasteiger partial charge in [0.15, 0.2) is 5.75 Å². The highest BCUT2D eigenvalue weighted by Crippen LogP contribution is 2.35. The topological polar surface area (TPSA) is 33.0 Å². The highest BCUT2D eigenvalue weighted by Gasteiger charge is 2.08. The summed E-state index contributed by atoms with van der Waals surface area (Å²) in [4.78, 5) is 0. The number of methoxy groups -OCH3 is 1. The molecular formula is C17H13BrClNO. The van der Waals surface area contributed by atoms with Gasteiger partial charge >= 0.3 is 0 Å². The molecule has 0 aliphatic rings. The van der Waals surface area contributed by atoms with Crippen LogP contribution >= 0.6 is 27.5 Å². The molecule has 0 unspecified atom stereocenters. The lowest BCUT2D eigenvalue weighted by Crippen LogP contribution is -1.88. The third-order valence-electron chi connectivity index (χ3n) is 3.02. The molecule has 0 saturated heterocycles. The first-order valence-electron chi connectivity index (χ1n) is 6.27. The molecule has 106 valence electrons. The molecule has 2 aromatic rings. The number of halogens is 2. The molecule has 0 aliphatic heterocycles. The molecule has 0 heterocycles. The fourth-order valence-corrected chi connectivity index (χ4v) is 3.00. The number of nitrogens with zero attached hydrogens (tertiary/aromatic N) is 1. The quantitative estimate of drug-likeness (QED) is 0.535. The minimum Gasteiger partial charge on any atom is -0.494 e. The Labute approximate surface area is 137 Å². The Bertz CT molecular complexity index is 706. The van der Waals surface area contributed by atoms with Crippen LogP contribution in [0.25, 0.3) is 11.6 Å². The SMILES string of the molecule is COc1c(Cl)cc(/C=C(/C#N)c2ccc(C)cc2)cc1Br. The molecule has 0 bridgehead atoms. The van der Waals surface area contributed by atoms with E-state index in [1.807, 2.05) is 37.3 Å². The Morgan fingerprint density at radius 3 is 2.48 bits per heavy atom. The van der Waals surface area contributed by atoms with Crippen molar-refractivity contribution in [2.24, 2.45) is 0 Å². The van der Waals surface area contributed by atoms with E-state index < -0.39 is 0 Å². The van der Waals surface area contributed by atoms with Crippen molar-refractivity contribution in [3.63, 3.8) is 0 Å². The van der Waals surface area contributed by atoms with Gasteiger partial charge in [0.2, 0.25) is 0 Å². The number of allylic oxidation sites excluding steroid dienone is 1. The molecule has 0 N–H and O–H groups in total. The number of hydrogen-bond acceptors (Lipinski definition) is 2. The van der Waals surface area contributed by atoms with Crippen LogP contribution in [0.4, 0.5) is 0 Å². The standard InChI is InChI=1S/C17H13BrClNO/c1-11-3-5-13(6-4-11)14(10-20)7-12-8-15(18)17(21-2)16(19)9-12/h3-9H,1-2H3/b14-7-. The number of benzene rings is 2. The van der Waals surface area contributed by atoms with E-state index in [0.717, 1.165) is 21.2 Å². The van der Waals surface area contributed by atoms with Crippen LogP contribution in [-0.2, 0) is 0 Å². The molecule has 0 aromatic heterocycles. The van der Waals surface area contributed by atoms with E-state index in [9.17, 15) is 5.26 Å². The number of nitriles is 1. The lowest BCUT2D eigenvalue weighted by atomic mass is 10.0. The average molecular weight is 363 g/mol. The number of aryl methyl sites for hydroxylation is 1. The summed E-state index contributed by atoms with van der Waals surface area (Å²) in [6.45, 7) is 2.01. The summed E-state index contributed by atoms with van der Waals surface area (Å²) in [6, 6.07) is 13.7. The van der Waals surface area contributed by atoms with E-state index in [-0.39, 0.29) is 0 Å². The fourth-order valence-electron chi connectivity index (χ4n) is 1.94. The van der Waals surface area contributed by atoms with Crippen LogP contribution in [-0.4, -0.2) is 7.11 Å². The smallest absolute Gasteiger partial charge is 0.151 e. The Balaban J connectivity index is 2.46. The van der Waals surface area contributed by atoms with Gasteiger partial charge in [0.25, 0.3) is 0 Å². The van der Waals surface area contributed by atoms with Crippen molar-refractivity contribution in [1.29, 1.82) is 5.26 Å². The molecule has 0 atom stereocenters. The van der Waals surface area contributed by atoms with E-state index in [1.165, 1.54) is 0 Å². The molecule has 0 radical (unpaired) electrons. The predicted octanol–water partition coefficient (Wildman–Crippen LogP) is 5.48. The molecule has 0 aliphatic carbocycles. The van der Waals surface area contributed by atoms with E-state index >= 15 is 0 Å². The first-order chi connectivity index (χ1) is 10.0. The van der Waals surface area contributed by atoms with Crippen LogP contribution in [0.15, 0.2) is 40.9 Å². The molecule has 0 saturated carbocycles. The van der Waals surface area contributed by atoms with Crippen molar-refractivity contribution >= 4 is 39.2 Å². The first kappa shape index (κ1) is 15.6. The van der Waals surface area contributed by atoms with Crippen molar-refractivity contribution in [3.8, 4) is 11.8 Å².